The molecule has 0 aromatic rings. The molecule has 1 fully saturated rings. The summed E-state index contributed by atoms with van der Waals surface area (Å²) >= 11 is 0. The Labute approximate surface area is 106 Å². The molecule has 0 spiro atoms. The average molecular weight is 279 g/mol. The van der Waals surface area contributed by atoms with Crippen LogP contribution in [0.5, 0.6) is 0 Å². The molecule has 7 nitrogen and oxygen atoms in total. The molecule has 1 N–H and O–H groups in total. The van der Waals surface area contributed by atoms with Gasteiger partial charge >= 0.3 is 11.9 Å². The van der Waals surface area contributed by atoms with Crippen molar-refractivity contribution in [2.24, 2.45) is 5.41 Å². The van der Waals surface area contributed by atoms with Crippen LogP contribution in [0.4, 0.5) is 0 Å². The molecule has 0 heterocycles. The second-order valence-corrected chi connectivity index (χ2v) is 6.73. The van der Waals surface area contributed by atoms with Gasteiger partial charge in [-0.3, -0.25) is 9.59 Å². The van der Waals surface area contributed by atoms with Gasteiger partial charge < -0.3 is 9.84 Å². The lowest BCUT2D eigenvalue weighted by Gasteiger charge is -2.19. The summed E-state index contributed by atoms with van der Waals surface area (Å²) in [5.41, 5.74) is -0.571. The van der Waals surface area contributed by atoms with Gasteiger partial charge in [0.15, 0.2) is 0 Å². The molecule has 104 valence electrons. The van der Waals surface area contributed by atoms with Crippen LogP contribution >= 0.6 is 0 Å². The van der Waals surface area contributed by atoms with E-state index in [2.05, 4.69) is 4.74 Å². The van der Waals surface area contributed by atoms with E-state index in [1.165, 1.54) is 14.2 Å². The topological polar surface area (TPSA) is 101 Å². The van der Waals surface area contributed by atoms with Gasteiger partial charge in [-0.15, -0.1) is 0 Å². The molecule has 0 aromatic carbocycles. The van der Waals surface area contributed by atoms with Gasteiger partial charge in [0.1, 0.15) is 6.54 Å². The number of hydrogen-bond acceptors (Lipinski definition) is 5. The van der Waals surface area contributed by atoms with E-state index in [0.29, 0.717) is 12.8 Å². The van der Waals surface area contributed by atoms with Crippen molar-refractivity contribution in [2.75, 3.05) is 26.5 Å². The minimum absolute atomic E-state index is 0.0592. The Bertz CT molecular complexity index is 439. The SMILES string of the molecule is COC(=O)CC1(CS(=O)(=O)N(C)CC(=O)O)CC1. The summed E-state index contributed by atoms with van der Waals surface area (Å²) in [5.74, 6) is -1.86. The van der Waals surface area contributed by atoms with E-state index in [1.54, 1.807) is 0 Å². The minimum Gasteiger partial charge on any atom is -0.480 e. The summed E-state index contributed by atoms with van der Waals surface area (Å²) in [5, 5.41) is 8.56. The zero-order valence-electron chi connectivity index (χ0n) is 10.4. The predicted molar refractivity (Wildman–Crippen MR) is 62.4 cm³/mol. The number of carbonyl (C=O) groups is 2. The quantitative estimate of drug-likeness (QED) is 0.641. The Morgan fingerprint density at radius 2 is 1.94 bits per heavy atom. The molecule has 0 unspecified atom stereocenters. The third-order valence-corrected chi connectivity index (χ3v) is 5.08. The van der Waals surface area contributed by atoms with Gasteiger partial charge in [-0.1, -0.05) is 0 Å². The smallest absolute Gasteiger partial charge is 0.318 e. The number of nitrogens with zero attached hydrogens (tertiary/aromatic N) is 1. The molecule has 1 aliphatic rings. The number of rotatable bonds is 7. The summed E-state index contributed by atoms with van der Waals surface area (Å²) < 4.78 is 29.1. The molecule has 8 heteroatoms. The number of sulfonamides is 1. The molecule has 1 rings (SSSR count). The molecule has 0 radical (unpaired) electrons. The van der Waals surface area contributed by atoms with Crippen molar-refractivity contribution < 1.29 is 27.9 Å². The van der Waals surface area contributed by atoms with Crippen LogP contribution in [-0.4, -0.2) is 56.2 Å². The highest BCUT2D eigenvalue weighted by Crippen LogP contribution is 2.50. The van der Waals surface area contributed by atoms with Gasteiger partial charge in [-0.05, 0) is 18.3 Å². The van der Waals surface area contributed by atoms with Crippen LogP contribution in [0.3, 0.4) is 0 Å². The van der Waals surface area contributed by atoms with Crippen molar-refractivity contribution in [3.63, 3.8) is 0 Å². The van der Waals surface area contributed by atoms with Crippen molar-refractivity contribution in [3.8, 4) is 0 Å². The normalized spacial score (nSPS) is 17.5. The Morgan fingerprint density at radius 1 is 1.39 bits per heavy atom. The third-order valence-electron chi connectivity index (χ3n) is 3.03. The number of likely N-dealkylation sites (N-methyl/N-ethyl adjacent to an activating group) is 1. The van der Waals surface area contributed by atoms with E-state index in [0.717, 1.165) is 4.31 Å². The molecule has 1 saturated carbocycles. The van der Waals surface area contributed by atoms with Gasteiger partial charge in [0, 0.05) is 7.05 Å². The molecule has 0 saturated heterocycles. The molecule has 0 bridgehead atoms. The Kier molecular flexibility index (Phi) is 4.33. The number of esters is 1. The van der Waals surface area contributed by atoms with Crippen molar-refractivity contribution in [2.45, 2.75) is 19.3 Å². The predicted octanol–water partition coefficient (Wildman–Crippen LogP) is -0.324. The monoisotopic (exact) mass is 279 g/mol. The van der Waals surface area contributed by atoms with Crippen LogP contribution < -0.4 is 0 Å². The van der Waals surface area contributed by atoms with Crippen LogP contribution in [0, 0.1) is 5.41 Å². The highest BCUT2D eigenvalue weighted by molar-refractivity contribution is 7.89. The molecular formula is C10H17NO6S. The molecular weight excluding hydrogens is 262 g/mol. The first-order valence-corrected chi connectivity index (χ1v) is 7.04. The Hall–Kier alpha value is -1.15. The van der Waals surface area contributed by atoms with Crippen molar-refractivity contribution in [1.29, 1.82) is 0 Å². The number of carbonyl (C=O) groups excluding carboxylic acids is 1. The number of methoxy groups -OCH3 is 1. The van der Waals surface area contributed by atoms with Gasteiger partial charge in [-0.2, -0.15) is 4.31 Å². The maximum Gasteiger partial charge on any atom is 0.318 e. The molecule has 18 heavy (non-hydrogen) atoms. The van der Waals surface area contributed by atoms with Crippen molar-refractivity contribution in [1.82, 2.24) is 4.31 Å². The van der Waals surface area contributed by atoms with Gasteiger partial charge in [0.2, 0.25) is 10.0 Å². The number of carboxylic acids is 1. The average Bonchev–Trinajstić information content (AvgIpc) is 2.95. The van der Waals surface area contributed by atoms with Crippen molar-refractivity contribution >= 4 is 22.0 Å². The maximum atomic E-state index is 11.9. The first kappa shape index (κ1) is 14.9. The van der Waals surface area contributed by atoms with E-state index in [-0.39, 0.29) is 12.2 Å². The highest BCUT2D eigenvalue weighted by Gasteiger charge is 2.48. The number of hydrogen-bond donors (Lipinski definition) is 1. The molecule has 1 aliphatic carbocycles. The summed E-state index contributed by atoms with van der Waals surface area (Å²) in [6, 6.07) is 0. The lowest BCUT2D eigenvalue weighted by Crippen LogP contribution is -2.36. The van der Waals surface area contributed by atoms with E-state index in [4.69, 9.17) is 5.11 Å². The van der Waals surface area contributed by atoms with Crippen molar-refractivity contribution in [3.05, 3.63) is 0 Å². The zero-order valence-corrected chi connectivity index (χ0v) is 11.2. The highest BCUT2D eigenvalue weighted by atomic mass is 32.2. The van der Waals surface area contributed by atoms with Gasteiger partial charge in [0.25, 0.3) is 0 Å². The van der Waals surface area contributed by atoms with E-state index in [1.807, 2.05) is 0 Å². The number of carboxylic acid groups (broad SMARTS) is 1. The first-order chi connectivity index (χ1) is 8.21. The fraction of sp³-hybridized carbons (Fsp3) is 0.800. The molecule has 0 aromatic heterocycles. The minimum atomic E-state index is -3.66. The van der Waals surface area contributed by atoms with Crippen LogP contribution in [0.2, 0.25) is 0 Å². The molecule has 0 amide bonds. The first-order valence-electron chi connectivity index (χ1n) is 5.43. The summed E-state index contributed by atoms with van der Waals surface area (Å²) in [4.78, 5) is 21.7. The van der Waals surface area contributed by atoms with E-state index >= 15 is 0 Å². The lowest BCUT2D eigenvalue weighted by molar-refractivity contribution is -0.142. The summed E-state index contributed by atoms with van der Waals surface area (Å²) in [6.45, 7) is -0.573. The maximum absolute atomic E-state index is 11.9. The summed E-state index contributed by atoms with van der Waals surface area (Å²) in [6.07, 6.45) is 1.34. The van der Waals surface area contributed by atoms with Gasteiger partial charge in [0.05, 0.1) is 19.3 Å². The van der Waals surface area contributed by atoms with Crippen LogP contribution in [0.25, 0.3) is 0 Å². The number of aliphatic carboxylic acids is 1. The Morgan fingerprint density at radius 3 is 2.33 bits per heavy atom. The van der Waals surface area contributed by atoms with Gasteiger partial charge in [-0.25, -0.2) is 8.42 Å². The fourth-order valence-corrected chi connectivity index (χ4v) is 3.41. The number of ether oxygens (including phenoxy) is 1. The largest absolute Gasteiger partial charge is 0.480 e. The third kappa shape index (κ3) is 3.95. The fourth-order valence-electron chi connectivity index (χ4n) is 1.71. The van der Waals surface area contributed by atoms with E-state index < -0.39 is 33.9 Å². The van der Waals surface area contributed by atoms with Crippen LogP contribution in [-0.2, 0) is 24.3 Å². The van der Waals surface area contributed by atoms with Crippen LogP contribution in [0.15, 0.2) is 0 Å². The Balaban J connectivity index is 2.65. The standard InChI is InChI=1S/C10H17NO6S/c1-11(6-8(12)13)18(15,16)7-10(3-4-10)5-9(14)17-2/h3-7H2,1-2H3,(H,12,13). The summed E-state index contributed by atoms with van der Waals surface area (Å²) in [7, 11) is -1.19. The van der Waals surface area contributed by atoms with E-state index in [9.17, 15) is 18.0 Å². The zero-order chi connectivity index (χ0) is 14.0. The molecule has 0 aliphatic heterocycles. The second-order valence-electron chi connectivity index (χ2n) is 4.66. The van der Waals surface area contributed by atoms with Crippen LogP contribution in [0.1, 0.15) is 19.3 Å². The molecule has 0 atom stereocenters. The lowest BCUT2D eigenvalue weighted by atomic mass is 10.1. The second kappa shape index (κ2) is 5.23.